The summed E-state index contributed by atoms with van der Waals surface area (Å²) in [5.74, 6) is -1.19. The Labute approximate surface area is 102 Å². The van der Waals surface area contributed by atoms with Gasteiger partial charge in [0.15, 0.2) is 0 Å². The number of carboxylic acid groups (broad SMARTS) is 1. The van der Waals surface area contributed by atoms with Crippen LogP contribution in [0.1, 0.15) is 18.4 Å². The number of rotatable bonds is 2. The summed E-state index contributed by atoms with van der Waals surface area (Å²) in [7, 11) is 0. The second-order valence-electron chi connectivity index (χ2n) is 2.47. The van der Waals surface area contributed by atoms with Crippen LogP contribution >= 0.6 is 0 Å². The summed E-state index contributed by atoms with van der Waals surface area (Å²) in [5, 5.41) is 8.64. The van der Waals surface area contributed by atoms with E-state index in [1.54, 1.807) is 6.92 Å². The van der Waals surface area contributed by atoms with E-state index in [9.17, 15) is 4.79 Å². The Balaban J connectivity index is 0.00000121. The van der Waals surface area contributed by atoms with E-state index < -0.39 is 11.9 Å². The normalized spacial score (nSPS) is 11.4. The summed E-state index contributed by atoms with van der Waals surface area (Å²) in [6, 6.07) is 9.19. The van der Waals surface area contributed by atoms with Crippen LogP contribution in [0.4, 0.5) is 0 Å². The maximum atomic E-state index is 10.5. The van der Waals surface area contributed by atoms with Crippen LogP contribution in [-0.2, 0) is 4.79 Å². The summed E-state index contributed by atoms with van der Waals surface area (Å²) in [5.41, 5.74) is 0.847. The fourth-order valence-corrected chi connectivity index (χ4v) is 0.884. The van der Waals surface area contributed by atoms with Crippen molar-refractivity contribution < 1.29 is 9.90 Å². The predicted molar refractivity (Wildman–Crippen MR) is 51.0 cm³/mol. The summed E-state index contributed by atoms with van der Waals surface area (Å²) >= 11 is 0. The van der Waals surface area contributed by atoms with Gasteiger partial charge in [-0.15, -0.1) is 0 Å². The second kappa shape index (κ2) is 5.57. The van der Waals surface area contributed by atoms with Crippen LogP contribution in [0.3, 0.4) is 0 Å². The number of hydrogen-bond acceptors (Lipinski definition) is 1. The second-order valence-corrected chi connectivity index (χ2v) is 2.47. The number of hydrogen-bond donors (Lipinski definition) is 1. The molecule has 0 saturated carbocycles. The minimum absolute atomic E-state index is 0. The third kappa shape index (κ3) is 3.13. The van der Waals surface area contributed by atoms with E-state index in [-0.39, 0.29) is 37.7 Å². The number of benzene rings is 1. The average Bonchev–Trinajstić information content (AvgIpc) is 2.05. The van der Waals surface area contributed by atoms with Crippen molar-refractivity contribution in [1.29, 1.82) is 0 Å². The van der Waals surface area contributed by atoms with Gasteiger partial charge in [-0.25, -0.2) is 0 Å². The molecule has 0 radical (unpaired) electrons. The van der Waals surface area contributed by atoms with Crippen LogP contribution in [0.15, 0.2) is 30.3 Å². The van der Waals surface area contributed by atoms with Crippen molar-refractivity contribution in [3.63, 3.8) is 0 Å². The first kappa shape index (κ1) is 11.9. The van der Waals surface area contributed by atoms with E-state index in [1.807, 2.05) is 30.3 Å². The molecule has 1 rings (SSSR count). The molecule has 0 aliphatic rings. The zero-order valence-corrected chi connectivity index (χ0v) is 6.32. The molecule has 1 atom stereocenters. The molecule has 0 saturated heterocycles. The van der Waals surface area contributed by atoms with Gasteiger partial charge in [-0.05, 0) is 12.5 Å². The molecule has 0 aliphatic carbocycles. The van der Waals surface area contributed by atoms with Gasteiger partial charge in [0.25, 0.3) is 0 Å². The van der Waals surface area contributed by atoms with Gasteiger partial charge < -0.3 is 5.11 Å². The van der Waals surface area contributed by atoms with E-state index in [2.05, 4.69) is 0 Å². The van der Waals surface area contributed by atoms with Crippen molar-refractivity contribution in [1.82, 2.24) is 0 Å². The summed E-state index contributed by atoms with van der Waals surface area (Å²) in [6.45, 7) is 1.68. The molecule has 0 heterocycles. The zero-order chi connectivity index (χ0) is 8.27. The van der Waals surface area contributed by atoms with Gasteiger partial charge >= 0.3 is 43.7 Å². The molecule has 0 spiro atoms. The van der Waals surface area contributed by atoms with Crippen LogP contribution in [0, 0.1) is 0 Å². The first-order chi connectivity index (χ1) is 5.22. The Bertz CT molecular complexity index is 246. The molecule has 1 N–H and O–H groups in total. The van der Waals surface area contributed by atoms with Crippen LogP contribution in [-0.4, -0.2) is 48.8 Å². The molecule has 0 amide bonds. The van der Waals surface area contributed by atoms with Gasteiger partial charge in [0.2, 0.25) is 0 Å². The summed E-state index contributed by atoms with van der Waals surface area (Å²) < 4.78 is 0. The number of carbonyl (C=O) groups is 1. The quantitative estimate of drug-likeness (QED) is 0.709. The van der Waals surface area contributed by atoms with E-state index in [1.165, 1.54) is 0 Å². The Hall–Kier alpha value is -0.0503. The van der Waals surface area contributed by atoms with Crippen molar-refractivity contribution in [3.8, 4) is 0 Å². The Morgan fingerprint density at radius 3 is 2.25 bits per heavy atom. The monoisotopic (exact) mass is 192 g/mol. The fourth-order valence-electron chi connectivity index (χ4n) is 0.884. The Morgan fingerprint density at radius 2 is 1.83 bits per heavy atom. The van der Waals surface area contributed by atoms with Gasteiger partial charge in [-0.3, -0.25) is 4.79 Å². The van der Waals surface area contributed by atoms with Gasteiger partial charge in [-0.1, -0.05) is 30.3 Å². The average molecular weight is 192 g/mol. The predicted octanol–water partition coefficient (Wildman–Crippen LogP) is 0.958. The molecular weight excluding hydrogens is 180 g/mol. The van der Waals surface area contributed by atoms with Gasteiger partial charge in [0, 0.05) is 0 Å². The number of carboxylic acids is 1. The SMILES string of the molecule is CC(C(=O)O)c1ccccc1.[CaH2]. The molecule has 1 aromatic carbocycles. The van der Waals surface area contributed by atoms with Crippen LogP contribution < -0.4 is 0 Å². The molecule has 2 nitrogen and oxygen atoms in total. The first-order valence-corrected chi connectivity index (χ1v) is 3.49. The van der Waals surface area contributed by atoms with Crippen LogP contribution in [0.2, 0.25) is 0 Å². The molecule has 0 aliphatic heterocycles. The van der Waals surface area contributed by atoms with Crippen LogP contribution in [0.5, 0.6) is 0 Å². The van der Waals surface area contributed by atoms with Gasteiger partial charge in [0.1, 0.15) is 0 Å². The third-order valence-corrected chi connectivity index (χ3v) is 1.67. The molecule has 3 heteroatoms. The van der Waals surface area contributed by atoms with Crippen molar-refractivity contribution >= 4 is 43.7 Å². The molecule has 1 aromatic rings. The van der Waals surface area contributed by atoms with Crippen molar-refractivity contribution in [3.05, 3.63) is 35.9 Å². The van der Waals surface area contributed by atoms with E-state index >= 15 is 0 Å². The molecule has 12 heavy (non-hydrogen) atoms. The van der Waals surface area contributed by atoms with Gasteiger partial charge in [-0.2, -0.15) is 0 Å². The Morgan fingerprint density at radius 1 is 1.33 bits per heavy atom. The standard InChI is InChI=1S/C9H10O2.Ca.2H/c1-7(9(10)11)8-5-3-2-4-6-8;;;/h2-7H,1H3,(H,10,11);;;. The van der Waals surface area contributed by atoms with Crippen molar-refractivity contribution in [2.75, 3.05) is 0 Å². The molecule has 0 aromatic heterocycles. The van der Waals surface area contributed by atoms with Gasteiger partial charge in [0.05, 0.1) is 5.92 Å². The van der Waals surface area contributed by atoms with E-state index in [0.29, 0.717) is 0 Å². The fraction of sp³-hybridized carbons (Fsp3) is 0.222. The van der Waals surface area contributed by atoms with E-state index in [4.69, 9.17) is 5.11 Å². The zero-order valence-electron chi connectivity index (χ0n) is 6.32. The van der Waals surface area contributed by atoms with Crippen molar-refractivity contribution in [2.45, 2.75) is 12.8 Å². The molecular formula is C9H12CaO2. The summed E-state index contributed by atoms with van der Waals surface area (Å²) in [4.78, 5) is 10.5. The maximum absolute atomic E-state index is 10.5. The Kier molecular flexibility index (Phi) is 5.55. The minimum atomic E-state index is -0.781. The number of aliphatic carboxylic acids is 1. The topological polar surface area (TPSA) is 37.3 Å². The summed E-state index contributed by atoms with van der Waals surface area (Å²) in [6.07, 6.45) is 0. The van der Waals surface area contributed by atoms with Crippen LogP contribution in [0.25, 0.3) is 0 Å². The molecule has 1 unspecified atom stereocenters. The van der Waals surface area contributed by atoms with Crippen molar-refractivity contribution in [2.24, 2.45) is 0 Å². The molecule has 0 bridgehead atoms. The molecule has 0 fully saturated rings. The van der Waals surface area contributed by atoms with E-state index in [0.717, 1.165) is 5.56 Å². The molecule has 62 valence electrons. The third-order valence-electron chi connectivity index (χ3n) is 1.67. The first-order valence-electron chi connectivity index (χ1n) is 3.49.